The molecule has 0 aliphatic rings. The fraction of sp³-hybridized carbons (Fsp3) is 0.333. The van der Waals surface area contributed by atoms with Crippen LogP contribution in [0.15, 0.2) is 24.7 Å². The molecule has 0 aromatic carbocycles. The van der Waals surface area contributed by atoms with Crippen molar-refractivity contribution in [1.29, 1.82) is 0 Å². The van der Waals surface area contributed by atoms with Crippen LogP contribution in [-0.4, -0.2) is 35.8 Å². The van der Waals surface area contributed by atoms with Crippen molar-refractivity contribution in [3.63, 3.8) is 0 Å². The molecular weight excluding hydrogens is 312 g/mol. The lowest BCUT2D eigenvalue weighted by Crippen LogP contribution is -2.00. The molecule has 3 heterocycles. The van der Waals surface area contributed by atoms with E-state index >= 15 is 0 Å². The molecule has 2 N–H and O–H groups in total. The highest BCUT2D eigenvalue weighted by molar-refractivity contribution is 7.10. The van der Waals surface area contributed by atoms with Crippen molar-refractivity contribution in [2.75, 3.05) is 11.9 Å². The van der Waals surface area contributed by atoms with Gasteiger partial charge < -0.3 is 10.4 Å². The second-order valence-electron chi connectivity index (χ2n) is 5.25. The summed E-state index contributed by atoms with van der Waals surface area (Å²) in [6, 6.07) is 1.96. The number of nitrogens with one attached hydrogen (secondary N) is 1. The van der Waals surface area contributed by atoms with E-state index in [1.807, 2.05) is 30.8 Å². The maximum Gasteiger partial charge on any atom is 0.228 e. The van der Waals surface area contributed by atoms with Crippen molar-refractivity contribution in [2.24, 2.45) is 0 Å². The number of aliphatic hydroxyl groups is 1. The predicted molar refractivity (Wildman–Crippen MR) is 89.8 cm³/mol. The summed E-state index contributed by atoms with van der Waals surface area (Å²) < 4.78 is 6.04. The molecule has 0 aliphatic heterocycles. The molecule has 0 bridgehead atoms. The van der Waals surface area contributed by atoms with Crippen molar-refractivity contribution in [3.8, 4) is 11.3 Å². The molecule has 0 saturated heterocycles. The molecule has 0 atom stereocenters. The van der Waals surface area contributed by atoms with Gasteiger partial charge in [-0.1, -0.05) is 0 Å². The minimum Gasteiger partial charge on any atom is -0.396 e. The van der Waals surface area contributed by atoms with Crippen LogP contribution >= 0.6 is 11.5 Å². The quantitative estimate of drug-likeness (QED) is 0.722. The molecule has 8 heteroatoms. The van der Waals surface area contributed by atoms with Crippen molar-refractivity contribution >= 4 is 22.5 Å². The number of aryl methyl sites for hydroxylation is 3. The van der Waals surface area contributed by atoms with E-state index in [0.717, 1.165) is 27.5 Å². The smallest absolute Gasteiger partial charge is 0.228 e. The molecule has 3 aromatic rings. The summed E-state index contributed by atoms with van der Waals surface area (Å²) in [4.78, 5) is 8.92. The Morgan fingerprint density at radius 2 is 2.17 bits per heavy atom. The van der Waals surface area contributed by atoms with Crippen molar-refractivity contribution in [1.82, 2.24) is 24.1 Å². The van der Waals surface area contributed by atoms with Crippen LogP contribution in [0.4, 0.5) is 10.9 Å². The number of aliphatic hydroxyl groups excluding tert-OH is 1. The highest BCUT2D eigenvalue weighted by atomic mass is 32.1. The lowest BCUT2D eigenvalue weighted by molar-refractivity contribution is 0.277. The zero-order chi connectivity index (χ0) is 16.2. The first-order valence-electron chi connectivity index (χ1n) is 7.33. The highest BCUT2D eigenvalue weighted by Crippen LogP contribution is 2.24. The molecule has 0 saturated carbocycles. The Labute approximate surface area is 138 Å². The van der Waals surface area contributed by atoms with E-state index in [1.165, 1.54) is 11.5 Å². The lowest BCUT2D eigenvalue weighted by atomic mass is 10.1. The van der Waals surface area contributed by atoms with Crippen LogP contribution in [-0.2, 0) is 6.54 Å². The molecule has 0 unspecified atom stereocenters. The molecule has 0 spiro atoms. The number of rotatable bonds is 6. The molecule has 7 nitrogen and oxygen atoms in total. The summed E-state index contributed by atoms with van der Waals surface area (Å²) in [5.41, 5.74) is 3.73. The summed E-state index contributed by atoms with van der Waals surface area (Å²) in [6.45, 7) is 4.76. The van der Waals surface area contributed by atoms with Gasteiger partial charge in [0.25, 0.3) is 0 Å². The van der Waals surface area contributed by atoms with Gasteiger partial charge in [-0.3, -0.25) is 4.68 Å². The van der Waals surface area contributed by atoms with Crippen LogP contribution in [0.5, 0.6) is 0 Å². The molecule has 3 aromatic heterocycles. The number of anilines is 2. The van der Waals surface area contributed by atoms with E-state index < -0.39 is 0 Å². The predicted octanol–water partition coefficient (Wildman–Crippen LogP) is 2.54. The third-order valence-corrected chi connectivity index (χ3v) is 4.08. The number of aromatic nitrogens is 5. The van der Waals surface area contributed by atoms with Crippen LogP contribution in [0.1, 0.15) is 17.7 Å². The summed E-state index contributed by atoms with van der Waals surface area (Å²) in [5.74, 6) is 0.539. The third kappa shape index (κ3) is 3.72. The Kier molecular flexibility index (Phi) is 4.63. The van der Waals surface area contributed by atoms with Gasteiger partial charge in [-0.05, 0) is 43.4 Å². The maximum absolute atomic E-state index is 8.90. The Bertz CT molecular complexity index is 797. The first kappa shape index (κ1) is 15.6. The average Bonchev–Trinajstić information content (AvgIpc) is 3.16. The standard InChI is InChI=1S/C15H18N6OS/c1-10-7-16-15(18-13-6-11(2)20-23-13)19-14(10)12-8-17-21(9-12)4-3-5-22/h6-9,22H,3-5H2,1-2H3,(H,16,18,19). The van der Waals surface area contributed by atoms with Gasteiger partial charge in [-0.2, -0.15) is 9.47 Å². The van der Waals surface area contributed by atoms with Gasteiger partial charge in [0, 0.05) is 31.1 Å². The monoisotopic (exact) mass is 330 g/mol. The van der Waals surface area contributed by atoms with Gasteiger partial charge in [-0.15, -0.1) is 0 Å². The Hall–Kier alpha value is -2.32. The average molecular weight is 330 g/mol. The minimum absolute atomic E-state index is 0.157. The first-order valence-corrected chi connectivity index (χ1v) is 8.10. The number of hydrogen-bond acceptors (Lipinski definition) is 7. The van der Waals surface area contributed by atoms with Gasteiger partial charge in [0.05, 0.1) is 17.6 Å². The van der Waals surface area contributed by atoms with Crippen LogP contribution in [0, 0.1) is 13.8 Å². The lowest BCUT2D eigenvalue weighted by Gasteiger charge is -2.06. The molecule has 3 rings (SSSR count). The molecule has 23 heavy (non-hydrogen) atoms. The zero-order valence-corrected chi connectivity index (χ0v) is 13.8. The summed E-state index contributed by atoms with van der Waals surface area (Å²) in [5, 5.41) is 17.3. The van der Waals surface area contributed by atoms with Crippen LogP contribution in [0.3, 0.4) is 0 Å². The molecule has 0 fully saturated rings. The Morgan fingerprint density at radius 1 is 1.30 bits per heavy atom. The van der Waals surface area contributed by atoms with Crippen molar-refractivity contribution < 1.29 is 5.11 Å². The van der Waals surface area contributed by atoms with Crippen LogP contribution < -0.4 is 5.32 Å². The van der Waals surface area contributed by atoms with Crippen molar-refractivity contribution in [3.05, 3.63) is 35.9 Å². The summed E-state index contributed by atoms with van der Waals surface area (Å²) >= 11 is 1.38. The van der Waals surface area contributed by atoms with Crippen LogP contribution in [0.25, 0.3) is 11.3 Å². The van der Waals surface area contributed by atoms with Gasteiger partial charge in [0.1, 0.15) is 5.00 Å². The SMILES string of the molecule is Cc1cc(Nc2ncc(C)c(-c3cnn(CCCO)c3)n2)sn1. The Balaban J connectivity index is 1.83. The molecule has 0 amide bonds. The van der Waals surface area contributed by atoms with Gasteiger partial charge in [-0.25, -0.2) is 9.97 Å². The highest BCUT2D eigenvalue weighted by Gasteiger charge is 2.10. The van der Waals surface area contributed by atoms with E-state index in [-0.39, 0.29) is 6.61 Å². The van der Waals surface area contributed by atoms with Gasteiger partial charge >= 0.3 is 0 Å². The topological polar surface area (TPSA) is 88.8 Å². The van der Waals surface area contributed by atoms with E-state index in [2.05, 4.69) is 24.8 Å². The largest absolute Gasteiger partial charge is 0.396 e. The summed E-state index contributed by atoms with van der Waals surface area (Å²) in [7, 11) is 0. The number of nitrogens with zero attached hydrogens (tertiary/aromatic N) is 5. The second-order valence-corrected chi connectivity index (χ2v) is 6.06. The zero-order valence-electron chi connectivity index (χ0n) is 13.0. The second kappa shape index (κ2) is 6.84. The minimum atomic E-state index is 0.157. The molecule has 0 radical (unpaired) electrons. The van der Waals surface area contributed by atoms with E-state index in [9.17, 15) is 0 Å². The van der Waals surface area contributed by atoms with E-state index in [4.69, 9.17) is 5.11 Å². The van der Waals surface area contributed by atoms with Gasteiger partial charge in [0.2, 0.25) is 5.95 Å². The van der Waals surface area contributed by atoms with Gasteiger partial charge in [0.15, 0.2) is 0 Å². The van der Waals surface area contributed by atoms with Crippen molar-refractivity contribution in [2.45, 2.75) is 26.8 Å². The fourth-order valence-corrected chi connectivity index (χ4v) is 2.82. The van der Waals surface area contributed by atoms with Crippen LogP contribution in [0.2, 0.25) is 0 Å². The normalized spacial score (nSPS) is 10.9. The first-order chi connectivity index (χ1) is 11.2. The molecule has 0 aliphatic carbocycles. The van der Waals surface area contributed by atoms with E-state index in [1.54, 1.807) is 12.4 Å². The third-order valence-electron chi connectivity index (χ3n) is 3.29. The fourth-order valence-electron chi connectivity index (χ4n) is 2.17. The van der Waals surface area contributed by atoms with E-state index in [0.29, 0.717) is 18.9 Å². The maximum atomic E-state index is 8.90. The molecular formula is C15H18N6OS. The Morgan fingerprint density at radius 3 is 2.91 bits per heavy atom. The summed E-state index contributed by atoms with van der Waals surface area (Å²) in [6.07, 6.45) is 6.20. The number of hydrogen-bond donors (Lipinski definition) is 2. The molecule has 120 valence electrons.